The number of rotatable bonds is 6. The van der Waals surface area contributed by atoms with Gasteiger partial charge in [-0.2, -0.15) is 10.4 Å². The Morgan fingerprint density at radius 2 is 2.05 bits per heavy atom. The smallest absolute Gasteiger partial charge is 0.136 e. The van der Waals surface area contributed by atoms with E-state index < -0.39 is 0 Å². The molecule has 1 heterocycles. The van der Waals surface area contributed by atoms with Gasteiger partial charge in [-0.15, -0.1) is 0 Å². The molecule has 0 amide bonds. The number of benzene rings is 1. The molecule has 0 fully saturated rings. The molecule has 2 rings (SSSR count). The summed E-state index contributed by atoms with van der Waals surface area (Å²) in [4.78, 5) is 2.22. The summed E-state index contributed by atoms with van der Waals surface area (Å²) in [6.45, 7) is 5.69. The summed E-state index contributed by atoms with van der Waals surface area (Å²) in [6.07, 6.45) is 0.509. The third-order valence-electron chi connectivity index (χ3n) is 3.47. The van der Waals surface area contributed by atoms with Gasteiger partial charge in [-0.1, -0.05) is 34.1 Å². The fourth-order valence-electron chi connectivity index (χ4n) is 2.38. The van der Waals surface area contributed by atoms with Crippen LogP contribution >= 0.6 is 15.9 Å². The highest BCUT2D eigenvalue weighted by Gasteiger charge is 2.20. The van der Waals surface area contributed by atoms with Crippen molar-refractivity contribution in [2.75, 3.05) is 18.0 Å². The molecule has 0 N–H and O–H groups in total. The maximum atomic E-state index is 8.87. The van der Waals surface area contributed by atoms with E-state index in [9.17, 15) is 0 Å². The second-order valence-electron chi connectivity index (χ2n) is 4.76. The summed E-state index contributed by atoms with van der Waals surface area (Å²) < 4.78 is 1.98. The average molecular weight is 347 g/mol. The highest BCUT2D eigenvalue weighted by atomic mass is 79.9. The maximum absolute atomic E-state index is 8.87. The molecule has 0 saturated heterocycles. The van der Waals surface area contributed by atoms with Crippen LogP contribution in [-0.2, 0) is 5.33 Å². The number of anilines is 1. The molecule has 1 aromatic heterocycles. The first kappa shape index (κ1) is 15.6. The minimum Gasteiger partial charge on any atom is -0.355 e. The Labute approximate surface area is 134 Å². The second-order valence-corrected chi connectivity index (χ2v) is 5.32. The van der Waals surface area contributed by atoms with Crippen molar-refractivity contribution in [2.45, 2.75) is 25.6 Å². The Balaban J connectivity index is 2.53. The van der Waals surface area contributed by atoms with Crippen LogP contribution in [0.2, 0.25) is 0 Å². The first-order valence-electron chi connectivity index (χ1n) is 7.04. The summed E-state index contributed by atoms with van der Waals surface area (Å²) >= 11 is 3.57. The highest BCUT2D eigenvalue weighted by Crippen LogP contribution is 2.29. The van der Waals surface area contributed by atoms with Gasteiger partial charge in [-0.05, 0) is 26.0 Å². The Morgan fingerprint density at radius 3 is 2.62 bits per heavy atom. The molecule has 1 aromatic carbocycles. The Bertz CT molecular complexity index is 628. The lowest BCUT2D eigenvalue weighted by atomic mass is 10.2. The molecule has 0 atom stereocenters. The number of hydrogen-bond donors (Lipinski definition) is 0. The number of halogens is 1. The Morgan fingerprint density at radius 1 is 1.33 bits per heavy atom. The molecule has 0 unspecified atom stereocenters. The molecule has 0 aliphatic heterocycles. The van der Waals surface area contributed by atoms with Gasteiger partial charge in [0.1, 0.15) is 5.82 Å². The predicted octanol–water partition coefficient (Wildman–Crippen LogP) is 3.82. The van der Waals surface area contributed by atoms with Crippen molar-refractivity contribution in [3.05, 3.63) is 41.6 Å². The van der Waals surface area contributed by atoms with Crippen LogP contribution in [0.1, 0.15) is 24.6 Å². The van der Waals surface area contributed by atoms with Gasteiger partial charge < -0.3 is 4.90 Å². The molecular weight excluding hydrogens is 328 g/mol. The van der Waals surface area contributed by atoms with Crippen molar-refractivity contribution < 1.29 is 0 Å². The first-order valence-corrected chi connectivity index (χ1v) is 8.16. The Hall–Kier alpha value is -1.80. The molecule has 21 heavy (non-hydrogen) atoms. The van der Waals surface area contributed by atoms with Crippen LogP contribution in [0.15, 0.2) is 30.3 Å². The third kappa shape index (κ3) is 3.27. The summed E-state index contributed by atoms with van der Waals surface area (Å²) in [5, 5.41) is 14.3. The van der Waals surface area contributed by atoms with Crippen LogP contribution in [0.5, 0.6) is 0 Å². The van der Waals surface area contributed by atoms with Crippen molar-refractivity contribution in [1.29, 1.82) is 5.26 Å². The summed E-state index contributed by atoms with van der Waals surface area (Å²) in [5.74, 6) is 1.08. The van der Waals surface area contributed by atoms with E-state index in [2.05, 4.69) is 33.8 Å². The van der Waals surface area contributed by atoms with Crippen molar-refractivity contribution >= 4 is 21.7 Å². The van der Waals surface area contributed by atoms with E-state index in [-0.39, 0.29) is 0 Å². The van der Waals surface area contributed by atoms with E-state index in [0.717, 1.165) is 29.1 Å². The maximum Gasteiger partial charge on any atom is 0.136 e. The minimum absolute atomic E-state index is 0.509. The molecule has 0 saturated carbocycles. The van der Waals surface area contributed by atoms with Gasteiger partial charge in [-0.25, -0.2) is 4.68 Å². The van der Waals surface area contributed by atoms with E-state index in [0.29, 0.717) is 13.0 Å². The monoisotopic (exact) mass is 346 g/mol. The molecule has 0 bridgehead atoms. The number of aryl methyl sites for hydroxylation is 1. The number of nitrogens with zero attached hydrogens (tertiary/aromatic N) is 4. The van der Waals surface area contributed by atoms with E-state index in [1.807, 2.05) is 41.9 Å². The van der Waals surface area contributed by atoms with Gasteiger partial charge in [0.25, 0.3) is 0 Å². The second kappa shape index (κ2) is 7.28. The van der Waals surface area contributed by atoms with Gasteiger partial charge in [0, 0.05) is 24.0 Å². The van der Waals surface area contributed by atoms with E-state index >= 15 is 0 Å². The summed E-state index contributed by atoms with van der Waals surface area (Å²) in [6, 6.07) is 12.3. The van der Waals surface area contributed by atoms with E-state index in [4.69, 9.17) is 10.4 Å². The zero-order valence-electron chi connectivity index (χ0n) is 12.4. The number of nitriles is 1. The molecule has 0 spiro atoms. The average Bonchev–Trinajstić information content (AvgIpc) is 2.86. The predicted molar refractivity (Wildman–Crippen MR) is 89.0 cm³/mol. The van der Waals surface area contributed by atoms with Crippen LogP contribution in [-0.4, -0.2) is 22.9 Å². The van der Waals surface area contributed by atoms with Crippen molar-refractivity contribution in [3.63, 3.8) is 0 Å². The molecule has 2 aromatic rings. The number of aromatic nitrogens is 2. The SMILES string of the molecule is CCN(CCC#N)c1c(CBr)c(C)nn1-c1ccccc1. The Kier molecular flexibility index (Phi) is 5.40. The lowest BCUT2D eigenvalue weighted by Crippen LogP contribution is -2.27. The van der Waals surface area contributed by atoms with Crippen LogP contribution in [0.4, 0.5) is 5.82 Å². The van der Waals surface area contributed by atoms with E-state index in [1.54, 1.807) is 0 Å². The molecule has 5 heteroatoms. The first-order chi connectivity index (χ1) is 10.2. The molecule has 110 valence electrons. The van der Waals surface area contributed by atoms with Gasteiger partial charge in [0.2, 0.25) is 0 Å². The van der Waals surface area contributed by atoms with Crippen molar-refractivity contribution in [1.82, 2.24) is 9.78 Å². The van der Waals surface area contributed by atoms with Gasteiger partial charge in [0.05, 0.1) is 23.9 Å². The van der Waals surface area contributed by atoms with Gasteiger partial charge in [0.15, 0.2) is 0 Å². The zero-order valence-corrected chi connectivity index (χ0v) is 14.0. The fourth-order valence-corrected chi connectivity index (χ4v) is 3.03. The number of hydrogen-bond acceptors (Lipinski definition) is 3. The quantitative estimate of drug-likeness (QED) is 0.747. The molecule has 0 aliphatic carbocycles. The van der Waals surface area contributed by atoms with Gasteiger partial charge >= 0.3 is 0 Å². The van der Waals surface area contributed by atoms with Crippen LogP contribution < -0.4 is 4.90 Å². The van der Waals surface area contributed by atoms with Crippen molar-refractivity contribution in [2.24, 2.45) is 0 Å². The zero-order chi connectivity index (χ0) is 15.2. The molecule has 0 aliphatic rings. The van der Waals surface area contributed by atoms with Gasteiger partial charge in [-0.3, -0.25) is 0 Å². The summed E-state index contributed by atoms with van der Waals surface area (Å²) in [7, 11) is 0. The molecule has 0 radical (unpaired) electrons. The van der Waals surface area contributed by atoms with Crippen LogP contribution in [0, 0.1) is 18.3 Å². The van der Waals surface area contributed by atoms with Crippen molar-refractivity contribution in [3.8, 4) is 11.8 Å². The molecule has 4 nitrogen and oxygen atoms in total. The number of alkyl halides is 1. The highest BCUT2D eigenvalue weighted by molar-refractivity contribution is 9.08. The van der Waals surface area contributed by atoms with E-state index in [1.165, 1.54) is 5.56 Å². The lowest BCUT2D eigenvalue weighted by molar-refractivity contribution is 0.761. The fraction of sp³-hybridized carbons (Fsp3) is 0.375. The largest absolute Gasteiger partial charge is 0.355 e. The molecular formula is C16H19BrN4. The minimum atomic E-state index is 0.509. The lowest BCUT2D eigenvalue weighted by Gasteiger charge is -2.24. The van der Waals surface area contributed by atoms with Crippen LogP contribution in [0.25, 0.3) is 5.69 Å². The number of para-hydroxylation sites is 1. The standard InChI is InChI=1S/C16H19BrN4/c1-3-20(11-7-10-18)16-15(12-17)13(2)19-21(16)14-8-5-4-6-9-14/h4-6,8-9H,3,7,11-12H2,1-2H3. The topological polar surface area (TPSA) is 44.9 Å². The summed E-state index contributed by atoms with van der Waals surface area (Å²) in [5.41, 5.74) is 3.23. The normalized spacial score (nSPS) is 10.4. The van der Waals surface area contributed by atoms with Crippen LogP contribution in [0.3, 0.4) is 0 Å². The third-order valence-corrected chi connectivity index (χ3v) is 4.03.